The number of nitrogens with one attached hydrogen (secondary N) is 1. The van der Waals surface area contributed by atoms with E-state index in [2.05, 4.69) is 15.4 Å². The number of fused-ring (bicyclic) bond motifs is 1. The molecule has 0 atom stereocenters. The number of nitrogens with zero attached hydrogens (tertiary/aromatic N) is 3. The monoisotopic (exact) mass is 372 g/mol. The molecule has 0 aliphatic heterocycles. The summed E-state index contributed by atoms with van der Waals surface area (Å²) in [6.45, 7) is 4.57. The van der Waals surface area contributed by atoms with Crippen molar-refractivity contribution in [1.29, 1.82) is 0 Å². The molecule has 140 valence electrons. The van der Waals surface area contributed by atoms with Gasteiger partial charge in [-0.15, -0.1) is 0 Å². The first-order valence-electron chi connectivity index (χ1n) is 9.09. The van der Waals surface area contributed by atoms with Crippen molar-refractivity contribution in [2.45, 2.75) is 13.8 Å². The predicted octanol–water partition coefficient (Wildman–Crippen LogP) is 4.36. The number of aromatic nitrogens is 3. The molecular formula is C22H20N4O2. The number of hydrogen-bond donors (Lipinski definition) is 1. The second kappa shape index (κ2) is 7.52. The average Bonchev–Trinajstić information content (AvgIpc) is 3.15. The van der Waals surface area contributed by atoms with Crippen molar-refractivity contribution in [1.82, 2.24) is 14.6 Å². The van der Waals surface area contributed by atoms with E-state index in [0.29, 0.717) is 23.5 Å². The van der Waals surface area contributed by atoms with Gasteiger partial charge in [-0.2, -0.15) is 5.10 Å². The van der Waals surface area contributed by atoms with Crippen molar-refractivity contribution in [2.24, 2.45) is 0 Å². The van der Waals surface area contributed by atoms with Crippen LogP contribution in [0.15, 0.2) is 67.0 Å². The molecule has 0 aliphatic rings. The third-order valence-corrected chi connectivity index (χ3v) is 4.42. The summed E-state index contributed by atoms with van der Waals surface area (Å²) in [5.41, 5.74) is 4.70. The molecule has 0 fully saturated rings. The molecule has 0 saturated heterocycles. The van der Waals surface area contributed by atoms with Gasteiger partial charge in [-0.05, 0) is 44.2 Å². The molecule has 0 unspecified atom stereocenters. The van der Waals surface area contributed by atoms with Crippen LogP contribution in [0.2, 0.25) is 0 Å². The Balaban J connectivity index is 1.63. The van der Waals surface area contributed by atoms with E-state index >= 15 is 0 Å². The van der Waals surface area contributed by atoms with Crippen molar-refractivity contribution >= 4 is 17.2 Å². The summed E-state index contributed by atoms with van der Waals surface area (Å²) >= 11 is 0. The van der Waals surface area contributed by atoms with Gasteiger partial charge in [0, 0.05) is 17.4 Å². The van der Waals surface area contributed by atoms with Crippen LogP contribution >= 0.6 is 0 Å². The summed E-state index contributed by atoms with van der Waals surface area (Å²) in [5.74, 6) is 0.508. The third-order valence-electron chi connectivity index (χ3n) is 4.42. The van der Waals surface area contributed by atoms with Gasteiger partial charge in [-0.1, -0.05) is 29.8 Å². The smallest absolute Gasteiger partial charge is 0.261 e. The van der Waals surface area contributed by atoms with Crippen molar-refractivity contribution in [3.63, 3.8) is 0 Å². The number of carbonyl (C=O) groups is 1. The number of amides is 1. The van der Waals surface area contributed by atoms with Crippen molar-refractivity contribution in [3.8, 4) is 17.0 Å². The van der Waals surface area contributed by atoms with Crippen LogP contribution in [0.4, 0.5) is 5.69 Å². The summed E-state index contributed by atoms with van der Waals surface area (Å²) < 4.78 is 7.11. The SMILES string of the molecule is CCOc1ccc(NC(=O)c2cnn3c(-c4ccc(C)cc4)ccnc23)cc1. The summed E-state index contributed by atoms with van der Waals surface area (Å²) in [4.78, 5) is 17.1. The fraction of sp³-hybridized carbons (Fsp3) is 0.136. The number of hydrogen-bond acceptors (Lipinski definition) is 4. The highest BCUT2D eigenvalue weighted by atomic mass is 16.5. The first kappa shape index (κ1) is 17.7. The van der Waals surface area contributed by atoms with Crippen molar-refractivity contribution in [2.75, 3.05) is 11.9 Å². The minimum atomic E-state index is -0.257. The van der Waals surface area contributed by atoms with Gasteiger partial charge in [-0.25, -0.2) is 9.50 Å². The standard InChI is InChI=1S/C22H20N4O2/c1-3-28-18-10-8-17(9-11-18)25-22(27)19-14-24-26-20(12-13-23-21(19)26)16-6-4-15(2)5-7-16/h4-14H,3H2,1-2H3,(H,25,27). The molecule has 28 heavy (non-hydrogen) atoms. The van der Waals surface area contributed by atoms with Gasteiger partial charge in [-0.3, -0.25) is 4.79 Å². The van der Waals surface area contributed by atoms with E-state index in [1.54, 1.807) is 29.0 Å². The highest BCUT2D eigenvalue weighted by Gasteiger charge is 2.16. The Bertz CT molecular complexity index is 1120. The third kappa shape index (κ3) is 3.44. The van der Waals surface area contributed by atoms with E-state index in [9.17, 15) is 4.79 Å². The van der Waals surface area contributed by atoms with E-state index < -0.39 is 0 Å². The summed E-state index contributed by atoms with van der Waals surface area (Å²) in [5, 5.41) is 7.28. The molecule has 2 aromatic carbocycles. The maximum Gasteiger partial charge on any atom is 0.261 e. The predicted molar refractivity (Wildman–Crippen MR) is 109 cm³/mol. The van der Waals surface area contributed by atoms with Crippen LogP contribution in [0.5, 0.6) is 5.75 Å². The van der Waals surface area contributed by atoms with Crippen LogP contribution < -0.4 is 10.1 Å². The zero-order valence-electron chi connectivity index (χ0n) is 15.7. The number of benzene rings is 2. The van der Waals surface area contributed by atoms with E-state index in [0.717, 1.165) is 17.0 Å². The van der Waals surface area contributed by atoms with E-state index in [1.807, 2.05) is 56.3 Å². The maximum atomic E-state index is 12.8. The maximum absolute atomic E-state index is 12.8. The molecule has 6 heteroatoms. The van der Waals surface area contributed by atoms with E-state index in [4.69, 9.17) is 4.74 Å². The lowest BCUT2D eigenvalue weighted by Crippen LogP contribution is -2.12. The van der Waals surface area contributed by atoms with Gasteiger partial charge in [0.1, 0.15) is 11.3 Å². The second-order valence-corrected chi connectivity index (χ2v) is 6.40. The van der Waals surface area contributed by atoms with Crippen LogP contribution in [0.1, 0.15) is 22.8 Å². The van der Waals surface area contributed by atoms with Crippen LogP contribution in [0.3, 0.4) is 0 Å². The van der Waals surface area contributed by atoms with Crippen LogP contribution in [-0.4, -0.2) is 27.1 Å². The molecule has 2 heterocycles. The van der Waals surface area contributed by atoms with Gasteiger partial charge in [0.2, 0.25) is 0 Å². The summed E-state index contributed by atoms with van der Waals surface area (Å²) in [7, 11) is 0. The Kier molecular flexibility index (Phi) is 4.76. The Morgan fingerprint density at radius 3 is 2.54 bits per heavy atom. The zero-order chi connectivity index (χ0) is 19.5. The van der Waals surface area contributed by atoms with Gasteiger partial charge in [0.25, 0.3) is 5.91 Å². The molecule has 0 bridgehead atoms. The first-order chi connectivity index (χ1) is 13.7. The quantitative estimate of drug-likeness (QED) is 0.565. The van der Waals surface area contributed by atoms with Gasteiger partial charge in [0.15, 0.2) is 5.65 Å². The number of rotatable bonds is 5. The van der Waals surface area contributed by atoms with Crippen LogP contribution in [0, 0.1) is 6.92 Å². The minimum Gasteiger partial charge on any atom is -0.494 e. The first-order valence-corrected chi connectivity index (χ1v) is 9.09. The number of aryl methyl sites for hydroxylation is 1. The highest BCUT2D eigenvalue weighted by Crippen LogP contribution is 2.22. The molecular weight excluding hydrogens is 352 g/mol. The number of anilines is 1. The molecule has 6 nitrogen and oxygen atoms in total. The molecule has 0 aliphatic carbocycles. The Hall–Kier alpha value is -3.67. The molecule has 1 amide bonds. The Labute approximate surface area is 162 Å². The lowest BCUT2D eigenvalue weighted by atomic mass is 10.1. The molecule has 4 rings (SSSR count). The number of carbonyl (C=O) groups excluding carboxylic acids is 1. The Morgan fingerprint density at radius 2 is 1.82 bits per heavy atom. The lowest BCUT2D eigenvalue weighted by molar-refractivity contribution is 0.102. The molecule has 0 saturated carbocycles. The second-order valence-electron chi connectivity index (χ2n) is 6.40. The van der Waals surface area contributed by atoms with Crippen LogP contribution in [0.25, 0.3) is 16.9 Å². The fourth-order valence-electron chi connectivity index (χ4n) is 2.99. The normalized spacial score (nSPS) is 10.8. The van der Waals surface area contributed by atoms with Gasteiger partial charge < -0.3 is 10.1 Å². The largest absolute Gasteiger partial charge is 0.494 e. The zero-order valence-corrected chi connectivity index (χ0v) is 15.7. The van der Waals surface area contributed by atoms with Crippen molar-refractivity contribution in [3.05, 3.63) is 78.1 Å². The molecule has 0 spiro atoms. The number of ether oxygens (including phenoxy) is 1. The summed E-state index contributed by atoms with van der Waals surface area (Å²) in [6.07, 6.45) is 3.24. The molecule has 0 radical (unpaired) electrons. The average molecular weight is 372 g/mol. The Morgan fingerprint density at radius 1 is 1.07 bits per heavy atom. The summed E-state index contributed by atoms with van der Waals surface area (Å²) in [6, 6.07) is 17.3. The minimum absolute atomic E-state index is 0.257. The van der Waals surface area contributed by atoms with Gasteiger partial charge >= 0.3 is 0 Å². The topological polar surface area (TPSA) is 68.5 Å². The fourth-order valence-corrected chi connectivity index (χ4v) is 2.99. The van der Waals surface area contributed by atoms with E-state index in [1.165, 1.54) is 5.56 Å². The van der Waals surface area contributed by atoms with E-state index in [-0.39, 0.29) is 5.91 Å². The van der Waals surface area contributed by atoms with Crippen LogP contribution in [-0.2, 0) is 0 Å². The molecule has 1 N–H and O–H groups in total. The van der Waals surface area contributed by atoms with Crippen molar-refractivity contribution < 1.29 is 9.53 Å². The highest BCUT2D eigenvalue weighted by molar-refractivity contribution is 6.08. The molecule has 4 aromatic rings. The van der Waals surface area contributed by atoms with Gasteiger partial charge in [0.05, 0.1) is 18.5 Å². The molecule has 2 aromatic heterocycles. The lowest BCUT2D eigenvalue weighted by Gasteiger charge is -2.07.